The van der Waals surface area contributed by atoms with Crippen molar-refractivity contribution >= 4 is 63.1 Å². The SMILES string of the molecule is O=C(OCC(F)(F)F)c1cc(I)cc(I)c1OC(=O)C(F)(F)C(F)(F)C(=O)O. The summed E-state index contributed by atoms with van der Waals surface area (Å²) in [7, 11) is 0. The van der Waals surface area contributed by atoms with Gasteiger partial charge in [0.05, 0.1) is 3.57 Å². The predicted octanol–water partition coefficient (Wildman–Crippen LogP) is 3.88. The van der Waals surface area contributed by atoms with Crippen LogP contribution in [0.4, 0.5) is 30.7 Å². The Kier molecular flexibility index (Phi) is 7.51. The van der Waals surface area contributed by atoms with Crippen LogP contribution in [0, 0.1) is 7.14 Å². The third-order valence-corrected chi connectivity index (χ3v) is 4.13. The zero-order valence-electron chi connectivity index (χ0n) is 12.8. The number of halogens is 9. The van der Waals surface area contributed by atoms with E-state index in [4.69, 9.17) is 5.11 Å². The molecular formula is C13H5F7I2O6. The molecule has 15 heteroatoms. The first-order valence-electron chi connectivity index (χ1n) is 6.45. The molecule has 0 spiro atoms. The molecule has 0 aliphatic carbocycles. The van der Waals surface area contributed by atoms with Crippen molar-refractivity contribution in [2.75, 3.05) is 6.61 Å². The zero-order chi connectivity index (χ0) is 22.1. The Morgan fingerprint density at radius 3 is 1.96 bits per heavy atom. The molecule has 6 nitrogen and oxygen atoms in total. The first kappa shape index (κ1) is 24.6. The fourth-order valence-corrected chi connectivity index (χ4v) is 3.41. The van der Waals surface area contributed by atoms with E-state index >= 15 is 0 Å². The molecule has 0 aliphatic rings. The fourth-order valence-electron chi connectivity index (χ4n) is 1.46. The number of esters is 2. The zero-order valence-corrected chi connectivity index (χ0v) is 17.1. The first-order valence-corrected chi connectivity index (χ1v) is 8.60. The van der Waals surface area contributed by atoms with Crippen LogP contribution in [0.3, 0.4) is 0 Å². The molecule has 1 N–H and O–H groups in total. The van der Waals surface area contributed by atoms with E-state index in [-0.39, 0.29) is 7.14 Å². The van der Waals surface area contributed by atoms with Crippen LogP contribution in [0.2, 0.25) is 0 Å². The fraction of sp³-hybridized carbons (Fsp3) is 0.308. The molecule has 1 aromatic rings. The minimum absolute atomic E-state index is 0.170. The van der Waals surface area contributed by atoms with Gasteiger partial charge in [-0.15, -0.1) is 0 Å². The van der Waals surface area contributed by atoms with E-state index in [1.54, 1.807) is 22.6 Å². The van der Waals surface area contributed by atoms with Gasteiger partial charge in [0.1, 0.15) is 5.56 Å². The average molecular weight is 644 g/mol. The van der Waals surface area contributed by atoms with Gasteiger partial charge >= 0.3 is 35.9 Å². The Labute approximate surface area is 177 Å². The molecule has 0 heterocycles. The van der Waals surface area contributed by atoms with Crippen molar-refractivity contribution in [3.8, 4) is 5.75 Å². The van der Waals surface area contributed by atoms with Crippen LogP contribution >= 0.6 is 45.2 Å². The van der Waals surface area contributed by atoms with E-state index in [0.717, 1.165) is 12.1 Å². The van der Waals surface area contributed by atoms with E-state index in [9.17, 15) is 45.1 Å². The average Bonchev–Trinajstić information content (AvgIpc) is 2.53. The number of rotatable bonds is 6. The van der Waals surface area contributed by atoms with Crippen molar-refractivity contribution in [3.05, 3.63) is 24.8 Å². The number of carboxylic acids is 1. The summed E-state index contributed by atoms with van der Waals surface area (Å²) in [6.45, 7) is -2.06. The van der Waals surface area contributed by atoms with Crippen LogP contribution in [0.15, 0.2) is 12.1 Å². The van der Waals surface area contributed by atoms with E-state index in [0.29, 0.717) is 0 Å². The maximum absolute atomic E-state index is 13.5. The number of ether oxygens (including phenoxy) is 2. The monoisotopic (exact) mass is 644 g/mol. The summed E-state index contributed by atoms with van der Waals surface area (Å²) in [5.41, 5.74) is -0.941. The molecule has 1 rings (SSSR count). The van der Waals surface area contributed by atoms with Gasteiger partial charge in [-0.2, -0.15) is 30.7 Å². The Hall–Kier alpha value is -1.40. The molecule has 0 radical (unpaired) electrons. The summed E-state index contributed by atoms with van der Waals surface area (Å²) in [6, 6.07) is 1.90. The summed E-state index contributed by atoms with van der Waals surface area (Å²) in [6.07, 6.45) is -4.93. The van der Waals surface area contributed by atoms with Gasteiger partial charge in [0, 0.05) is 3.57 Å². The lowest BCUT2D eigenvalue weighted by molar-refractivity contribution is -0.229. The van der Waals surface area contributed by atoms with Gasteiger partial charge in [0.15, 0.2) is 12.4 Å². The minimum Gasteiger partial charge on any atom is -0.477 e. The standard InChI is InChI=1S/C13H5F7I2O6/c14-11(15,16)3-27-8(23)5-1-4(21)2-6(22)7(5)28-10(26)13(19,20)12(17,18)9(24)25/h1-2H,3H2,(H,24,25). The molecule has 1 aromatic carbocycles. The number of carboxylic acid groups (broad SMARTS) is 1. The Bertz CT molecular complexity index is 809. The summed E-state index contributed by atoms with van der Waals surface area (Å²) in [5, 5.41) is 8.15. The highest BCUT2D eigenvalue weighted by molar-refractivity contribution is 14.1. The lowest BCUT2D eigenvalue weighted by Crippen LogP contribution is -2.54. The molecule has 156 valence electrons. The summed E-state index contributed by atoms with van der Waals surface area (Å²) in [5.74, 6) is -20.9. The summed E-state index contributed by atoms with van der Waals surface area (Å²) in [4.78, 5) is 33.5. The molecule has 0 bridgehead atoms. The molecule has 0 fully saturated rings. The number of aliphatic carboxylic acids is 1. The largest absolute Gasteiger partial charge is 0.477 e. The van der Waals surface area contributed by atoms with Crippen molar-refractivity contribution < 1.29 is 59.7 Å². The van der Waals surface area contributed by atoms with Gasteiger partial charge < -0.3 is 14.6 Å². The third-order valence-electron chi connectivity index (χ3n) is 2.71. The van der Waals surface area contributed by atoms with E-state index in [1.165, 1.54) is 22.6 Å². The molecule has 0 aliphatic heterocycles. The van der Waals surface area contributed by atoms with Crippen LogP contribution in [-0.4, -0.2) is 47.6 Å². The van der Waals surface area contributed by atoms with Crippen LogP contribution in [0.5, 0.6) is 5.75 Å². The Balaban J connectivity index is 3.29. The summed E-state index contributed by atoms with van der Waals surface area (Å²) < 4.78 is 97.5. The number of carbonyl (C=O) groups excluding carboxylic acids is 2. The topological polar surface area (TPSA) is 89.9 Å². The van der Waals surface area contributed by atoms with Gasteiger partial charge in [-0.3, -0.25) is 0 Å². The Morgan fingerprint density at radius 1 is 0.964 bits per heavy atom. The highest BCUT2D eigenvalue weighted by atomic mass is 127. The minimum atomic E-state index is -5.85. The first-order chi connectivity index (χ1) is 12.5. The van der Waals surface area contributed by atoms with Crippen molar-refractivity contribution in [2.24, 2.45) is 0 Å². The van der Waals surface area contributed by atoms with E-state index in [2.05, 4.69) is 9.47 Å². The van der Waals surface area contributed by atoms with Crippen LogP contribution in [-0.2, 0) is 14.3 Å². The number of carbonyl (C=O) groups is 3. The van der Waals surface area contributed by atoms with Gasteiger partial charge in [0.25, 0.3) is 0 Å². The lowest BCUT2D eigenvalue weighted by Gasteiger charge is -2.22. The highest BCUT2D eigenvalue weighted by Gasteiger charge is 2.69. The van der Waals surface area contributed by atoms with Gasteiger partial charge in [0.2, 0.25) is 0 Å². The number of benzene rings is 1. The van der Waals surface area contributed by atoms with Gasteiger partial charge in [-0.1, -0.05) is 0 Å². The van der Waals surface area contributed by atoms with Gasteiger partial charge in [-0.05, 0) is 57.3 Å². The van der Waals surface area contributed by atoms with Crippen LogP contribution in [0.1, 0.15) is 10.4 Å². The predicted molar refractivity (Wildman–Crippen MR) is 91.4 cm³/mol. The van der Waals surface area contributed by atoms with Crippen LogP contribution in [0.25, 0.3) is 0 Å². The second-order valence-corrected chi connectivity index (χ2v) is 7.21. The quantitative estimate of drug-likeness (QED) is 0.219. The van der Waals surface area contributed by atoms with Crippen LogP contribution < -0.4 is 4.74 Å². The van der Waals surface area contributed by atoms with Crippen molar-refractivity contribution in [1.29, 1.82) is 0 Å². The normalized spacial score (nSPS) is 12.5. The number of hydrogen-bond donors (Lipinski definition) is 1. The maximum atomic E-state index is 13.5. The summed E-state index contributed by atoms with van der Waals surface area (Å²) >= 11 is 2.90. The van der Waals surface area contributed by atoms with E-state index < -0.39 is 53.8 Å². The van der Waals surface area contributed by atoms with Crippen molar-refractivity contribution in [2.45, 2.75) is 18.0 Å². The van der Waals surface area contributed by atoms with E-state index in [1.807, 2.05) is 0 Å². The number of hydrogen-bond acceptors (Lipinski definition) is 5. The third kappa shape index (κ3) is 5.57. The molecule has 28 heavy (non-hydrogen) atoms. The molecule has 0 saturated heterocycles. The smallest absolute Gasteiger partial charge is 0.422 e. The Morgan fingerprint density at radius 2 is 1.50 bits per heavy atom. The lowest BCUT2D eigenvalue weighted by atomic mass is 10.1. The van der Waals surface area contributed by atoms with Gasteiger partial charge in [-0.25, -0.2) is 14.4 Å². The molecule has 0 aromatic heterocycles. The maximum Gasteiger partial charge on any atom is 0.422 e. The second-order valence-electron chi connectivity index (χ2n) is 4.80. The van der Waals surface area contributed by atoms with Crippen molar-refractivity contribution in [3.63, 3.8) is 0 Å². The molecule has 0 saturated carbocycles. The second kappa shape index (κ2) is 8.54. The van der Waals surface area contributed by atoms with Crippen molar-refractivity contribution in [1.82, 2.24) is 0 Å². The highest BCUT2D eigenvalue weighted by Crippen LogP contribution is 2.38. The molecular weight excluding hydrogens is 639 g/mol. The molecule has 0 amide bonds. The number of alkyl halides is 7. The molecule has 0 unspecified atom stereocenters. The molecule has 0 atom stereocenters.